The highest BCUT2D eigenvalue weighted by Crippen LogP contribution is 2.28. The molecule has 2 rings (SSSR count). The first-order valence-electron chi connectivity index (χ1n) is 6.35. The van der Waals surface area contributed by atoms with E-state index in [4.69, 9.17) is 10.5 Å². The first-order valence-corrected chi connectivity index (χ1v) is 7.14. The molecule has 0 spiro atoms. The highest BCUT2D eigenvalue weighted by molar-refractivity contribution is 9.10. The second-order valence-electron chi connectivity index (χ2n) is 4.78. The van der Waals surface area contributed by atoms with Crippen molar-refractivity contribution in [2.24, 2.45) is 5.73 Å². The zero-order valence-corrected chi connectivity index (χ0v) is 13.1. The van der Waals surface area contributed by atoms with Gasteiger partial charge in [0.2, 0.25) is 0 Å². The van der Waals surface area contributed by atoms with Gasteiger partial charge in [-0.3, -0.25) is 0 Å². The van der Waals surface area contributed by atoms with E-state index in [2.05, 4.69) is 15.9 Å². The molecule has 1 unspecified atom stereocenters. The third kappa shape index (κ3) is 3.38. The lowest BCUT2D eigenvalue weighted by Crippen LogP contribution is -2.14. The van der Waals surface area contributed by atoms with Gasteiger partial charge in [-0.25, -0.2) is 4.39 Å². The van der Waals surface area contributed by atoms with Gasteiger partial charge in [-0.2, -0.15) is 0 Å². The van der Waals surface area contributed by atoms with Gasteiger partial charge in [-0.15, -0.1) is 0 Å². The largest absolute Gasteiger partial charge is 0.496 e. The van der Waals surface area contributed by atoms with Crippen molar-refractivity contribution in [1.82, 2.24) is 0 Å². The van der Waals surface area contributed by atoms with E-state index in [1.807, 2.05) is 25.1 Å². The maximum Gasteiger partial charge on any atom is 0.133 e. The average molecular weight is 338 g/mol. The van der Waals surface area contributed by atoms with E-state index in [1.54, 1.807) is 13.2 Å². The first-order chi connectivity index (χ1) is 9.51. The van der Waals surface area contributed by atoms with Crippen molar-refractivity contribution >= 4 is 15.9 Å². The van der Waals surface area contributed by atoms with Crippen LogP contribution in [0, 0.1) is 12.7 Å². The molecule has 2 aromatic carbocycles. The molecule has 1 atom stereocenters. The molecule has 2 aromatic rings. The van der Waals surface area contributed by atoms with E-state index in [9.17, 15) is 4.39 Å². The molecule has 0 saturated heterocycles. The van der Waals surface area contributed by atoms with Gasteiger partial charge >= 0.3 is 0 Å². The van der Waals surface area contributed by atoms with Gasteiger partial charge in [0.1, 0.15) is 11.6 Å². The molecule has 0 fully saturated rings. The fourth-order valence-electron chi connectivity index (χ4n) is 2.16. The summed E-state index contributed by atoms with van der Waals surface area (Å²) in [5, 5.41) is 0. The minimum absolute atomic E-state index is 0.138. The van der Waals surface area contributed by atoms with Crippen molar-refractivity contribution in [3.8, 4) is 5.75 Å². The number of aryl methyl sites for hydroxylation is 1. The quantitative estimate of drug-likeness (QED) is 0.909. The van der Waals surface area contributed by atoms with Gasteiger partial charge in [-0.1, -0.05) is 12.1 Å². The van der Waals surface area contributed by atoms with Crippen molar-refractivity contribution < 1.29 is 9.13 Å². The molecular formula is C16H17BrFNO. The minimum atomic E-state index is -0.216. The molecule has 106 valence electrons. The van der Waals surface area contributed by atoms with E-state index < -0.39 is 0 Å². The molecule has 0 saturated carbocycles. The van der Waals surface area contributed by atoms with Gasteiger partial charge < -0.3 is 10.5 Å². The summed E-state index contributed by atoms with van der Waals surface area (Å²) in [5.41, 5.74) is 9.24. The third-order valence-electron chi connectivity index (χ3n) is 3.35. The Morgan fingerprint density at radius 3 is 2.60 bits per heavy atom. The van der Waals surface area contributed by atoms with Crippen LogP contribution in [0.3, 0.4) is 0 Å². The summed E-state index contributed by atoms with van der Waals surface area (Å²) < 4.78 is 19.2. The van der Waals surface area contributed by atoms with Gasteiger partial charge in [-0.05, 0) is 70.2 Å². The van der Waals surface area contributed by atoms with Crippen LogP contribution in [0.2, 0.25) is 0 Å². The van der Waals surface area contributed by atoms with E-state index in [-0.39, 0.29) is 11.9 Å². The summed E-state index contributed by atoms with van der Waals surface area (Å²) in [6.07, 6.45) is 0.672. The molecule has 0 bridgehead atoms. The molecule has 20 heavy (non-hydrogen) atoms. The molecule has 0 amide bonds. The number of nitrogens with two attached hydrogens (primary N) is 1. The summed E-state index contributed by atoms with van der Waals surface area (Å²) >= 11 is 3.45. The number of ether oxygens (including phenoxy) is 1. The van der Waals surface area contributed by atoms with Crippen molar-refractivity contribution in [1.29, 1.82) is 0 Å². The van der Waals surface area contributed by atoms with Crippen LogP contribution in [-0.2, 0) is 6.42 Å². The van der Waals surface area contributed by atoms with E-state index in [0.717, 1.165) is 26.9 Å². The Balaban J connectivity index is 2.19. The Bertz CT molecular complexity index is 615. The smallest absolute Gasteiger partial charge is 0.133 e. The highest BCUT2D eigenvalue weighted by Gasteiger charge is 2.11. The van der Waals surface area contributed by atoms with E-state index in [0.29, 0.717) is 6.42 Å². The standard InChI is InChI=1S/C16H17BrFNO/c1-10-7-13(18)5-3-11(10)9-15(19)12-4-6-16(20-2)14(17)8-12/h3-8,15H,9,19H2,1-2H3. The van der Waals surface area contributed by atoms with Gasteiger partial charge in [0.05, 0.1) is 11.6 Å². The summed E-state index contributed by atoms with van der Waals surface area (Å²) in [7, 11) is 1.63. The SMILES string of the molecule is COc1ccc(C(N)Cc2ccc(F)cc2C)cc1Br. The maximum atomic E-state index is 13.1. The number of rotatable bonds is 4. The predicted molar refractivity (Wildman–Crippen MR) is 82.5 cm³/mol. The monoisotopic (exact) mass is 337 g/mol. The van der Waals surface area contributed by atoms with Crippen LogP contribution in [0.5, 0.6) is 5.75 Å². The van der Waals surface area contributed by atoms with Crippen LogP contribution < -0.4 is 10.5 Å². The molecular weight excluding hydrogens is 321 g/mol. The van der Waals surface area contributed by atoms with Crippen LogP contribution in [0.4, 0.5) is 4.39 Å². The normalized spacial score (nSPS) is 12.2. The molecule has 2 nitrogen and oxygen atoms in total. The van der Waals surface area contributed by atoms with E-state index in [1.165, 1.54) is 12.1 Å². The van der Waals surface area contributed by atoms with Gasteiger partial charge in [0, 0.05) is 6.04 Å². The number of benzene rings is 2. The van der Waals surface area contributed by atoms with E-state index >= 15 is 0 Å². The topological polar surface area (TPSA) is 35.2 Å². The van der Waals surface area contributed by atoms with Crippen LogP contribution in [0.15, 0.2) is 40.9 Å². The summed E-state index contributed by atoms with van der Waals surface area (Å²) in [6.45, 7) is 1.90. The summed E-state index contributed by atoms with van der Waals surface area (Å²) in [5.74, 6) is 0.561. The summed E-state index contributed by atoms with van der Waals surface area (Å²) in [6, 6.07) is 10.5. The van der Waals surface area contributed by atoms with Crippen molar-refractivity contribution in [2.75, 3.05) is 7.11 Å². The molecule has 0 aliphatic carbocycles. The van der Waals surface area contributed by atoms with Crippen LogP contribution in [0.25, 0.3) is 0 Å². The van der Waals surface area contributed by atoms with Gasteiger partial charge in [0.15, 0.2) is 0 Å². The fourth-order valence-corrected chi connectivity index (χ4v) is 2.71. The van der Waals surface area contributed by atoms with Crippen molar-refractivity contribution in [2.45, 2.75) is 19.4 Å². The highest BCUT2D eigenvalue weighted by atomic mass is 79.9. The van der Waals surface area contributed by atoms with Crippen LogP contribution in [-0.4, -0.2) is 7.11 Å². The molecule has 0 aromatic heterocycles. The fraction of sp³-hybridized carbons (Fsp3) is 0.250. The average Bonchev–Trinajstić information content (AvgIpc) is 2.41. The minimum Gasteiger partial charge on any atom is -0.496 e. The number of hydrogen-bond acceptors (Lipinski definition) is 2. The second kappa shape index (κ2) is 6.37. The number of hydrogen-bond donors (Lipinski definition) is 1. The Kier molecular flexibility index (Phi) is 4.78. The first kappa shape index (κ1) is 15.0. The number of methoxy groups -OCH3 is 1. The van der Waals surface area contributed by atoms with Crippen LogP contribution in [0.1, 0.15) is 22.7 Å². The van der Waals surface area contributed by atoms with Crippen molar-refractivity contribution in [3.63, 3.8) is 0 Å². The Morgan fingerprint density at radius 1 is 1.25 bits per heavy atom. The predicted octanol–water partition coefficient (Wildman–Crippen LogP) is 4.15. The Morgan fingerprint density at radius 2 is 2.00 bits per heavy atom. The molecule has 0 aliphatic rings. The van der Waals surface area contributed by atoms with Gasteiger partial charge in [0.25, 0.3) is 0 Å². The lowest BCUT2D eigenvalue weighted by molar-refractivity contribution is 0.412. The Hall–Kier alpha value is -1.39. The zero-order valence-electron chi connectivity index (χ0n) is 11.5. The zero-order chi connectivity index (χ0) is 14.7. The molecule has 4 heteroatoms. The summed E-state index contributed by atoms with van der Waals surface area (Å²) in [4.78, 5) is 0. The van der Waals surface area contributed by atoms with Crippen LogP contribution >= 0.6 is 15.9 Å². The van der Waals surface area contributed by atoms with Crippen molar-refractivity contribution in [3.05, 3.63) is 63.4 Å². The number of halogens is 2. The molecule has 0 aliphatic heterocycles. The molecule has 0 heterocycles. The third-order valence-corrected chi connectivity index (χ3v) is 3.97. The lowest BCUT2D eigenvalue weighted by Gasteiger charge is -2.15. The second-order valence-corrected chi connectivity index (χ2v) is 5.63. The maximum absolute atomic E-state index is 13.1. The Labute approximate surface area is 126 Å². The lowest BCUT2D eigenvalue weighted by atomic mass is 9.96. The molecule has 2 N–H and O–H groups in total. The molecule has 0 radical (unpaired) electrons.